The van der Waals surface area contributed by atoms with Gasteiger partial charge in [-0.1, -0.05) is 46.9 Å². The molecule has 0 saturated carbocycles. The molecule has 0 aromatic heterocycles. The third-order valence-corrected chi connectivity index (χ3v) is 2.89. The highest BCUT2D eigenvalue weighted by Gasteiger charge is 2.34. The molecule has 88 valence electrons. The van der Waals surface area contributed by atoms with Crippen LogP contribution in [0, 0.1) is 0 Å². The SMILES string of the molecule is O=C(NC(O)(Cl)C(Cl)Cl)c1ccccc1O. The highest BCUT2D eigenvalue weighted by Crippen LogP contribution is 2.23. The molecule has 1 aromatic rings. The van der Waals surface area contributed by atoms with Crippen LogP contribution >= 0.6 is 34.8 Å². The van der Waals surface area contributed by atoms with E-state index in [0.717, 1.165) is 0 Å². The van der Waals surface area contributed by atoms with E-state index in [4.69, 9.17) is 34.8 Å². The third-order valence-electron chi connectivity index (χ3n) is 1.73. The molecule has 1 atom stereocenters. The minimum Gasteiger partial charge on any atom is -0.507 e. The van der Waals surface area contributed by atoms with E-state index in [9.17, 15) is 15.0 Å². The average molecular weight is 285 g/mol. The maximum absolute atomic E-state index is 11.6. The molecule has 0 fully saturated rings. The molecule has 3 N–H and O–H groups in total. The van der Waals surface area contributed by atoms with Gasteiger partial charge in [-0.15, -0.1) is 0 Å². The van der Waals surface area contributed by atoms with Crippen molar-refractivity contribution in [2.24, 2.45) is 0 Å². The Morgan fingerprint density at radius 3 is 2.44 bits per heavy atom. The Kier molecular flexibility index (Phi) is 4.27. The van der Waals surface area contributed by atoms with Crippen LogP contribution in [0.2, 0.25) is 0 Å². The van der Waals surface area contributed by atoms with E-state index in [2.05, 4.69) is 0 Å². The van der Waals surface area contributed by atoms with Gasteiger partial charge < -0.3 is 15.5 Å². The quantitative estimate of drug-likeness (QED) is 0.450. The van der Waals surface area contributed by atoms with E-state index in [1.807, 2.05) is 5.32 Å². The maximum Gasteiger partial charge on any atom is 0.258 e. The van der Waals surface area contributed by atoms with Crippen molar-refractivity contribution in [1.29, 1.82) is 0 Å². The van der Waals surface area contributed by atoms with Crippen LogP contribution in [0.25, 0.3) is 0 Å². The Hall–Kier alpha value is -0.680. The van der Waals surface area contributed by atoms with Gasteiger partial charge in [-0.05, 0) is 12.1 Å². The zero-order valence-electron chi connectivity index (χ0n) is 7.82. The molecule has 1 amide bonds. The van der Waals surface area contributed by atoms with Crippen molar-refractivity contribution >= 4 is 40.7 Å². The van der Waals surface area contributed by atoms with Crippen molar-refractivity contribution in [2.45, 2.75) is 10.0 Å². The first-order valence-electron chi connectivity index (χ1n) is 4.14. The lowest BCUT2D eigenvalue weighted by Gasteiger charge is -2.23. The average Bonchev–Trinajstić information content (AvgIpc) is 2.17. The molecular weight excluding hydrogens is 276 g/mol. The van der Waals surface area contributed by atoms with E-state index in [-0.39, 0.29) is 11.3 Å². The van der Waals surface area contributed by atoms with Gasteiger partial charge in [0.25, 0.3) is 5.91 Å². The van der Waals surface area contributed by atoms with Crippen LogP contribution in [0.4, 0.5) is 0 Å². The molecule has 0 aliphatic heterocycles. The molecule has 1 unspecified atom stereocenters. The fraction of sp³-hybridized carbons (Fsp3) is 0.222. The Balaban J connectivity index is 2.85. The lowest BCUT2D eigenvalue weighted by Crippen LogP contribution is -2.48. The number of aromatic hydroxyl groups is 1. The Bertz CT molecular complexity index is 395. The summed E-state index contributed by atoms with van der Waals surface area (Å²) in [6.45, 7) is 0. The summed E-state index contributed by atoms with van der Waals surface area (Å²) in [7, 11) is 0. The monoisotopic (exact) mass is 283 g/mol. The molecule has 0 spiro atoms. The van der Waals surface area contributed by atoms with Crippen LogP contribution in [0.5, 0.6) is 5.75 Å². The summed E-state index contributed by atoms with van der Waals surface area (Å²) >= 11 is 16.1. The van der Waals surface area contributed by atoms with Crippen molar-refractivity contribution in [3.8, 4) is 5.75 Å². The highest BCUT2D eigenvalue weighted by molar-refractivity contribution is 6.49. The van der Waals surface area contributed by atoms with E-state index in [1.165, 1.54) is 12.1 Å². The van der Waals surface area contributed by atoms with Crippen molar-refractivity contribution < 1.29 is 15.0 Å². The van der Waals surface area contributed by atoms with E-state index in [1.54, 1.807) is 12.1 Å². The van der Waals surface area contributed by atoms with E-state index < -0.39 is 15.9 Å². The minimum atomic E-state index is -2.29. The van der Waals surface area contributed by atoms with Gasteiger partial charge in [0.2, 0.25) is 5.18 Å². The van der Waals surface area contributed by atoms with Crippen molar-refractivity contribution in [3.05, 3.63) is 29.8 Å². The fourth-order valence-corrected chi connectivity index (χ4v) is 1.14. The second-order valence-corrected chi connectivity index (χ2v) is 4.62. The predicted octanol–water partition coefficient (Wildman–Crippen LogP) is 1.81. The van der Waals surface area contributed by atoms with Gasteiger partial charge >= 0.3 is 0 Å². The van der Waals surface area contributed by atoms with Crippen molar-refractivity contribution in [3.63, 3.8) is 0 Å². The van der Waals surface area contributed by atoms with Crippen molar-refractivity contribution in [1.82, 2.24) is 5.32 Å². The molecule has 0 saturated heterocycles. The predicted molar refractivity (Wildman–Crippen MR) is 61.9 cm³/mol. The number of benzene rings is 1. The molecule has 4 nitrogen and oxygen atoms in total. The van der Waals surface area contributed by atoms with Gasteiger partial charge in [-0.2, -0.15) is 0 Å². The third kappa shape index (κ3) is 3.15. The summed E-state index contributed by atoms with van der Waals surface area (Å²) in [5.41, 5.74) is -0.0458. The Labute approximate surface area is 107 Å². The molecule has 1 aromatic carbocycles. The van der Waals surface area contributed by atoms with Gasteiger partial charge in [-0.3, -0.25) is 4.79 Å². The second-order valence-electron chi connectivity index (χ2n) is 2.95. The Morgan fingerprint density at radius 2 is 1.94 bits per heavy atom. The second kappa shape index (κ2) is 5.10. The first-order chi connectivity index (χ1) is 7.34. The normalized spacial score (nSPS) is 14.6. The number of para-hydroxylation sites is 1. The van der Waals surface area contributed by atoms with Crippen molar-refractivity contribution in [2.75, 3.05) is 0 Å². The van der Waals surface area contributed by atoms with Gasteiger partial charge in [0.05, 0.1) is 5.56 Å². The number of alkyl halides is 3. The zero-order chi connectivity index (χ0) is 12.3. The molecule has 16 heavy (non-hydrogen) atoms. The number of rotatable bonds is 3. The molecule has 0 radical (unpaired) electrons. The van der Waals surface area contributed by atoms with E-state index >= 15 is 0 Å². The van der Waals surface area contributed by atoms with Crippen LogP contribution in [-0.4, -0.2) is 26.1 Å². The lowest BCUT2D eigenvalue weighted by molar-refractivity contribution is 0.0692. The smallest absolute Gasteiger partial charge is 0.258 e. The summed E-state index contributed by atoms with van der Waals surface area (Å²) in [6.07, 6.45) is 0. The molecule has 0 aliphatic rings. The van der Waals surface area contributed by atoms with E-state index in [0.29, 0.717) is 0 Å². The Morgan fingerprint density at radius 1 is 1.38 bits per heavy atom. The van der Waals surface area contributed by atoms with Crippen LogP contribution in [0.1, 0.15) is 10.4 Å². The lowest BCUT2D eigenvalue weighted by atomic mass is 10.2. The van der Waals surface area contributed by atoms with Crippen LogP contribution in [0.15, 0.2) is 24.3 Å². The molecule has 0 bridgehead atoms. The number of aliphatic hydroxyl groups is 1. The highest BCUT2D eigenvalue weighted by atomic mass is 35.5. The van der Waals surface area contributed by atoms with Gasteiger partial charge in [0.15, 0.2) is 4.84 Å². The summed E-state index contributed by atoms with van der Waals surface area (Å²) < 4.78 is 0. The number of carbonyl (C=O) groups is 1. The summed E-state index contributed by atoms with van der Waals surface area (Å²) in [5, 5.41) is 18.4. The number of nitrogens with one attached hydrogen (secondary N) is 1. The molecule has 0 aliphatic carbocycles. The first kappa shape index (κ1) is 13.4. The minimum absolute atomic E-state index is 0.0458. The van der Waals surface area contributed by atoms with Gasteiger partial charge in [-0.25, -0.2) is 0 Å². The number of halogens is 3. The number of phenolic OH excluding ortho intramolecular Hbond substituents is 1. The number of hydrogen-bond donors (Lipinski definition) is 3. The molecule has 0 heterocycles. The summed E-state index contributed by atoms with van der Waals surface area (Å²) in [5.74, 6) is -1.03. The summed E-state index contributed by atoms with van der Waals surface area (Å²) in [6, 6.07) is 5.77. The molecule has 1 rings (SSSR count). The van der Waals surface area contributed by atoms with Crippen LogP contribution < -0.4 is 5.32 Å². The van der Waals surface area contributed by atoms with Gasteiger partial charge in [0, 0.05) is 0 Å². The zero-order valence-corrected chi connectivity index (χ0v) is 10.1. The number of amides is 1. The standard InChI is InChI=1S/C9H8Cl3NO3/c10-8(11)9(12,16)13-7(15)5-3-1-2-4-6(5)14/h1-4,8,14,16H,(H,13,15). The van der Waals surface area contributed by atoms with Gasteiger partial charge in [0.1, 0.15) is 5.75 Å². The first-order valence-corrected chi connectivity index (χ1v) is 5.39. The van der Waals surface area contributed by atoms with Crippen LogP contribution in [-0.2, 0) is 0 Å². The molecular formula is C9H8Cl3NO3. The fourth-order valence-electron chi connectivity index (χ4n) is 0.947. The summed E-state index contributed by atoms with van der Waals surface area (Å²) in [4.78, 5) is 10.1. The number of carbonyl (C=O) groups excluding carboxylic acids is 1. The number of hydrogen-bond acceptors (Lipinski definition) is 3. The number of phenols is 1. The molecule has 7 heteroatoms. The topological polar surface area (TPSA) is 69.6 Å². The maximum atomic E-state index is 11.6. The largest absolute Gasteiger partial charge is 0.507 e. The van der Waals surface area contributed by atoms with Crippen LogP contribution in [0.3, 0.4) is 0 Å².